The van der Waals surface area contributed by atoms with Gasteiger partial charge in [0.05, 0.1) is 3.79 Å². The fourth-order valence-electron chi connectivity index (χ4n) is 1.79. The minimum Gasteiger partial charge on any atom is -0.479 e. The molecule has 0 aromatic carbocycles. The molecule has 1 atom stereocenters. The SMILES string of the molecule is O=C(O)C1(O)CCCc2sc(Br)cc21. The summed E-state index contributed by atoms with van der Waals surface area (Å²) in [5, 5.41) is 19.0. The molecule has 0 aliphatic heterocycles. The summed E-state index contributed by atoms with van der Waals surface area (Å²) in [5.74, 6) is -1.15. The number of aliphatic carboxylic acids is 1. The number of halogens is 1. The van der Waals surface area contributed by atoms with E-state index in [4.69, 9.17) is 5.11 Å². The monoisotopic (exact) mass is 276 g/mol. The van der Waals surface area contributed by atoms with Crippen LogP contribution in [0, 0.1) is 0 Å². The van der Waals surface area contributed by atoms with Gasteiger partial charge in [-0.3, -0.25) is 0 Å². The average molecular weight is 277 g/mol. The summed E-state index contributed by atoms with van der Waals surface area (Å²) in [7, 11) is 0. The third-order valence-electron chi connectivity index (χ3n) is 2.52. The van der Waals surface area contributed by atoms with E-state index < -0.39 is 11.6 Å². The predicted molar refractivity (Wildman–Crippen MR) is 56.5 cm³/mol. The van der Waals surface area contributed by atoms with Crippen LogP contribution in [0.25, 0.3) is 0 Å². The van der Waals surface area contributed by atoms with Crippen LogP contribution in [0.5, 0.6) is 0 Å². The molecule has 2 rings (SSSR count). The first kappa shape index (κ1) is 10.1. The van der Waals surface area contributed by atoms with E-state index >= 15 is 0 Å². The minimum atomic E-state index is -1.67. The molecule has 76 valence electrons. The molecule has 1 aromatic heterocycles. The standard InChI is InChI=1S/C9H9BrO3S/c10-7-4-5-6(14-7)2-1-3-9(5,13)8(11)12/h4,13H,1-3H2,(H,11,12). The lowest BCUT2D eigenvalue weighted by Crippen LogP contribution is -2.38. The Kier molecular flexibility index (Phi) is 2.41. The molecule has 3 nitrogen and oxygen atoms in total. The number of rotatable bonds is 1. The molecule has 0 amide bonds. The van der Waals surface area contributed by atoms with Crippen molar-refractivity contribution in [1.29, 1.82) is 0 Å². The van der Waals surface area contributed by atoms with E-state index in [0.717, 1.165) is 21.5 Å². The van der Waals surface area contributed by atoms with E-state index in [1.165, 1.54) is 11.3 Å². The van der Waals surface area contributed by atoms with Crippen molar-refractivity contribution in [2.24, 2.45) is 0 Å². The van der Waals surface area contributed by atoms with Gasteiger partial charge in [-0.05, 0) is 41.3 Å². The molecule has 1 aromatic rings. The molecule has 0 spiro atoms. The van der Waals surface area contributed by atoms with Crippen LogP contribution < -0.4 is 0 Å². The Balaban J connectivity index is 2.54. The Bertz CT molecular complexity index is 387. The number of carbonyl (C=O) groups is 1. The van der Waals surface area contributed by atoms with Crippen LogP contribution in [0.2, 0.25) is 0 Å². The Labute approximate surface area is 93.5 Å². The molecule has 1 aliphatic rings. The molecule has 14 heavy (non-hydrogen) atoms. The lowest BCUT2D eigenvalue weighted by Gasteiger charge is -2.27. The maximum Gasteiger partial charge on any atom is 0.340 e. The van der Waals surface area contributed by atoms with Gasteiger partial charge >= 0.3 is 5.97 Å². The molecule has 1 aliphatic carbocycles. The van der Waals surface area contributed by atoms with E-state index in [-0.39, 0.29) is 0 Å². The van der Waals surface area contributed by atoms with Gasteiger partial charge in [0, 0.05) is 10.4 Å². The number of aliphatic hydroxyl groups is 1. The van der Waals surface area contributed by atoms with Crippen LogP contribution >= 0.6 is 27.3 Å². The topological polar surface area (TPSA) is 57.5 Å². The molecular formula is C9H9BrO3S. The Morgan fingerprint density at radius 3 is 3.00 bits per heavy atom. The fraction of sp³-hybridized carbons (Fsp3) is 0.444. The maximum absolute atomic E-state index is 11.0. The lowest BCUT2D eigenvalue weighted by atomic mass is 9.83. The number of hydrogen-bond donors (Lipinski definition) is 2. The number of hydrogen-bond acceptors (Lipinski definition) is 3. The second-order valence-electron chi connectivity index (χ2n) is 3.41. The van der Waals surface area contributed by atoms with Crippen molar-refractivity contribution in [3.8, 4) is 0 Å². The average Bonchev–Trinajstić information content (AvgIpc) is 2.47. The van der Waals surface area contributed by atoms with Crippen LogP contribution in [0.1, 0.15) is 23.3 Å². The molecule has 0 radical (unpaired) electrons. The first-order valence-corrected chi connectivity index (χ1v) is 5.89. The smallest absolute Gasteiger partial charge is 0.340 e. The quantitative estimate of drug-likeness (QED) is 0.826. The van der Waals surface area contributed by atoms with Gasteiger partial charge in [-0.1, -0.05) is 0 Å². The highest BCUT2D eigenvalue weighted by atomic mass is 79.9. The first-order chi connectivity index (χ1) is 6.54. The largest absolute Gasteiger partial charge is 0.479 e. The zero-order chi connectivity index (χ0) is 10.3. The van der Waals surface area contributed by atoms with Gasteiger partial charge in [-0.25, -0.2) is 4.79 Å². The van der Waals surface area contributed by atoms with Crippen molar-refractivity contribution >= 4 is 33.2 Å². The number of fused-ring (bicyclic) bond motifs is 1. The normalized spacial score (nSPS) is 25.9. The van der Waals surface area contributed by atoms with Crippen LogP contribution in [0.15, 0.2) is 9.85 Å². The molecule has 5 heteroatoms. The summed E-state index contributed by atoms with van der Waals surface area (Å²) in [6.45, 7) is 0. The van der Waals surface area contributed by atoms with Crippen LogP contribution in [0.4, 0.5) is 0 Å². The van der Waals surface area contributed by atoms with Gasteiger partial charge in [0.15, 0.2) is 5.60 Å². The van der Waals surface area contributed by atoms with E-state index in [2.05, 4.69) is 15.9 Å². The second-order valence-corrected chi connectivity index (χ2v) is 5.92. The molecule has 0 saturated carbocycles. The Morgan fingerprint density at radius 2 is 2.36 bits per heavy atom. The van der Waals surface area contributed by atoms with Crippen molar-refractivity contribution < 1.29 is 15.0 Å². The third kappa shape index (κ3) is 1.39. The van der Waals surface area contributed by atoms with Crippen LogP contribution in [0.3, 0.4) is 0 Å². The molecule has 0 saturated heterocycles. The Morgan fingerprint density at radius 1 is 1.64 bits per heavy atom. The molecule has 0 fully saturated rings. The lowest BCUT2D eigenvalue weighted by molar-refractivity contribution is -0.161. The maximum atomic E-state index is 11.0. The van der Waals surface area contributed by atoms with Gasteiger partial charge < -0.3 is 10.2 Å². The van der Waals surface area contributed by atoms with Crippen molar-refractivity contribution in [2.45, 2.75) is 24.9 Å². The zero-order valence-electron chi connectivity index (χ0n) is 7.29. The molecular weight excluding hydrogens is 268 g/mol. The summed E-state index contributed by atoms with van der Waals surface area (Å²) in [4.78, 5) is 12.0. The zero-order valence-corrected chi connectivity index (χ0v) is 9.69. The van der Waals surface area contributed by atoms with Crippen LogP contribution in [-0.2, 0) is 16.8 Å². The predicted octanol–water partition coefficient (Wildman–Crippen LogP) is 2.12. The van der Waals surface area contributed by atoms with Crippen molar-refractivity contribution in [3.05, 3.63) is 20.3 Å². The molecule has 0 bridgehead atoms. The summed E-state index contributed by atoms with van der Waals surface area (Å²) in [6.07, 6.45) is 1.89. The Hall–Kier alpha value is -0.390. The van der Waals surface area contributed by atoms with E-state index in [9.17, 15) is 9.90 Å². The number of thiophene rings is 1. The van der Waals surface area contributed by atoms with Crippen LogP contribution in [-0.4, -0.2) is 16.2 Å². The van der Waals surface area contributed by atoms with Gasteiger partial charge in [-0.15, -0.1) is 11.3 Å². The van der Waals surface area contributed by atoms with Gasteiger partial charge in [0.25, 0.3) is 0 Å². The van der Waals surface area contributed by atoms with Crippen molar-refractivity contribution in [3.63, 3.8) is 0 Å². The van der Waals surface area contributed by atoms with Gasteiger partial charge in [-0.2, -0.15) is 0 Å². The molecule has 1 heterocycles. The summed E-state index contributed by atoms with van der Waals surface area (Å²) in [6, 6.07) is 1.72. The van der Waals surface area contributed by atoms with E-state index in [1.807, 2.05) is 0 Å². The van der Waals surface area contributed by atoms with Crippen molar-refractivity contribution in [2.75, 3.05) is 0 Å². The number of carboxylic acids is 1. The highest BCUT2D eigenvalue weighted by molar-refractivity contribution is 9.11. The summed E-state index contributed by atoms with van der Waals surface area (Å²) in [5.41, 5.74) is -1.11. The molecule has 1 unspecified atom stereocenters. The summed E-state index contributed by atoms with van der Waals surface area (Å²) < 4.78 is 0.879. The highest BCUT2D eigenvalue weighted by Gasteiger charge is 2.42. The van der Waals surface area contributed by atoms with Gasteiger partial charge in [0.1, 0.15) is 0 Å². The number of carboxylic acid groups (broad SMARTS) is 1. The first-order valence-electron chi connectivity index (χ1n) is 4.28. The second kappa shape index (κ2) is 3.32. The van der Waals surface area contributed by atoms with E-state index in [0.29, 0.717) is 12.0 Å². The summed E-state index contributed by atoms with van der Waals surface area (Å²) >= 11 is 4.81. The fourth-order valence-corrected chi connectivity index (χ4v) is 3.60. The highest BCUT2D eigenvalue weighted by Crippen LogP contribution is 2.41. The van der Waals surface area contributed by atoms with Crippen molar-refractivity contribution in [1.82, 2.24) is 0 Å². The number of aryl methyl sites for hydroxylation is 1. The van der Waals surface area contributed by atoms with Gasteiger partial charge in [0.2, 0.25) is 0 Å². The third-order valence-corrected chi connectivity index (χ3v) is 4.22. The van der Waals surface area contributed by atoms with E-state index in [1.54, 1.807) is 6.07 Å². The minimum absolute atomic E-state index is 0.304. The molecule has 2 N–H and O–H groups in total.